The van der Waals surface area contributed by atoms with Gasteiger partial charge in [-0.1, -0.05) is 18.2 Å². The van der Waals surface area contributed by atoms with E-state index in [-0.39, 0.29) is 78.5 Å². The normalized spacial score (nSPS) is 12.3. The molecule has 0 radical (unpaired) electrons. The zero-order valence-corrected chi connectivity index (χ0v) is 25.2. The van der Waals surface area contributed by atoms with Gasteiger partial charge < -0.3 is 30.7 Å². The molecular weight excluding hydrogens is 574 g/mol. The van der Waals surface area contributed by atoms with E-state index in [9.17, 15) is 29.0 Å². The Morgan fingerprint density at radius 3 is 2.37 bits per heavy atom. The van der Waals surface area contributed by atoms with Gasteiger partial charge in [0.2, 0.25) is 0 Å². The third-order valence-corrected chi connectivity index (χ3v) is 8.10. The lowest BCUT2D eigenvalue weighted by Crippen LogP contribution is -2.34. The Morgan fingerprint density at radius 2 is 1.77 bits per heavy atom. The maximum Gasteiger partial charge on any atom is 0.179 e. The number of ether oxygens (including phenoxy) is 1. The van der Waals surface area contributed by atoms with E-state index >= 15 is 0 Å². The number of rotatable bonds is 16. The predicted molar refractivity (Wildman–Crippen MR) is 163 cm³/mol. The zero-order valence-electron chi connectivity index (χ0n) is 24.4. The van der Waals surface area contributed by atoms with Crippen LogP contribution in [0.5, 0.6) is 5.75 Å². The van der Waals surface area contributed by atoms with E-state index in [4.69, 9.17) is 4.74 Å². The number of hydrogen-bond donors (Lipinski definition) is 5. The van der Waals surface area contributed by atoms with Crippen molar-refractivity contribution >= 4 is 38.5 Å². The van der Waals surface area contributed by atoms with Gasteiger partial charge in [-0.25, -0.2) is 13.4 Å². The molecule has 0 saturated carbocycles. The van der Waals surface area contributed by atoms with Crippen LogP contribution >= 0.6 is 0 Å². The van der Waals surface area contributed by atoms with E-state index in [1.54, 1.807) is 18.7 Å². The van der Waals surface area contributed by atoms with E-state index in [2.05, 4.69) is 31.9 Å². The number of methoxy groups -OCH3 is 1. The molecule has 14 heteroatoms. The van der Waals surface area contributed by atoms with Gasteiger partial charge in [0, 0.05) is 37.4 Å². The fraction of sp³-hybridized carbons (Fsp3) is 0.379. The van der Waals surface area contributed by atoms with Gasteiger partial charge in [-0.2, -0.15) is 5.26 Å². The highest BCUT2D eigenvalue weighted by molar-refractivity contribution is 7.91. The molecule has 1 heterocycles. The summed E-state index contributed by atoms with van der Waals surface area (Å²) >= 11 is 0. The second kappa shape index (κ2) is 15.9. The highest BCUT2D eigenvalue weighted by Gasteiger charge is 2.21. The van der Waals surface area contributed by atoms with E-state index in [1.165, 1.54) is 25.3 Å². The third-order valence-electron chi connectivity index (χ3n) is 6.40. The molecule has 0 aliphatic heterocycles. The van der Waals surface area contributed by atoms with Gasteiger partial charge >= 0.3 is 0 Å². The molecule has 230 valence electrons. The SMILES string of the molecule is COc1ccc(S(=O)(=O)CCN(CCO)CCO)cc1N=Nc1c(NCC(C)O)nc(Nc2ccccc2)c(C#N)c1C. The summed E-state index contributed by atoms with van der Waals surface area (Å²) in [5.41, 5.74) is 1.79. The van der Waals surface area contributed by atoms with Crippen LogP contribution in [0.4, 0.5) is 28.7 Å². The number of sulfone groups is 1. The maximum atomic E-state index is 13.1. The minimum atomic E-state index is -3.77. The Bertz CT molecular complexity index is 1540. The summed E-state index contributed by atoms with van der Waals surface area (Å²) < 4.78 is 31.7. The smallest absolute Gasteiger partial charge is 0.179 e. The molecule has 13 nitrogen and oxygen atoms in total. The first-order valence-corrected chi connectivity index (χ1v) is 15.2. The van der Waals surface area contributed by atoms with Gasteiger partial charge in [0.1, 0.15) is 23.2 Å². The van der Waals surface area contributed by atoms with Crippen molar-refractivity contribution in [2.75, 3.05) is 62.9 Å². The van der Waals surface area contributed by atoms with Crippen LogP contribution in [0.1, 0.15) is 18.1 Å². The molecule has 2 aromatic carbocycles. The zero-order chi connectivity index (χ0) is 31.4. The van der Waals surface area contributed by atoms with Gasteiger partial charge in [0.25, 0.3) is 0 Å². The molecule has 0 fully saturated rings. The molecule has 1 unspecified atom stereocenters. The monoisotopic (exact) mass is 611 g/mol. The van der Waals surface area contributed by atoms with E-state index in [1.807, 2.05) is 30.3 Å². The lowest BCUT2D eigenvalue weighted by atomic mass is 10.1. The summed E-state index contributed by atoms with van der Waals surface area (Å²) in [5, 5.41) is 53.2. The topological polar surface area (TPSA) is 193 Å². The number of benzene rings is 2. The lowest BCUT2D eigenvalue weighted by Gasteiger charge is -2.20. The Labute approximate surface area is 251 Å². The number of azo groups is 1. The fourth-order valence-electron chi connectivity index (χ4n) is 4.10. The van der Waals surface area contributed by atoms with Crippen LogP contribution in [-0.2, 0) is 9.84 Å². The van der Waals surface area contributed by atoms with Crippen LogP contribution in [0.25, 0.3) is 0 Å². The summed E-state index contributed by atoms with van der Waals surface area (Å²) in [6.45, 7) is 3.72. The molecule has 0 aliphatic rings. The fourth-order valence-corrected chi connectivity index (χ4v) is 5.40. The second-order valence-electron chi connectivity index (χ2n) is 9.63. The largest absolute Gasteiger partial charge is 0.494 e. The van der Waals surface area contributed by atoms with Crippen LogP contribution in [0, 0.1) is 18.3 Å². The Hall–Kier alpha value is -4.13. The van der Waals surface area contributed by atoms with Crippen LogP contribution in [0.3, 0.4) is 0 Å². The van der Waals surface area contributed by atoms with Crippen molar-refractivity contribution in [1.82, 2.24) is 9.88 Å². The first-order chi connectivity index (χ1) is 20.6. The van der Waals surface area contributed by atoms with Crippen molar-refractivity contribution < 1.29 is 28.5 Å². The first kappa shape index (κ1) is 33.4. The number of nitriles is 1. The number of nitrogens with zero attached hydrogens (tertiary/aromatic N) is 5. The van der Waals surface area contributed by atoms with Crippen molar-refractivity contribution in [2.45, 2.75) is 24.8 Å². The van der Waals surface area contributed by atoms with E-state index in [0.29, 0.717) is 11.4 Å². The highest BCUT2D eigenvalue weighted by atomic mass is 32.2. The molecule has 0 bridgehead atoms. The standard InChI is InChI=1S/C29H37N7O6S/c1-20(39)19-31-29-27(21(2)24(18-30)28(33-29)32-22-7-5-4-6-8-22)35-34-25-17-23(9-10-26(25)42-3)43(40,41)16-13-36(11-14-37)12-15-38/h4-10,17,20,37-39H,11-16,19H2,1-3H3,(H2,31,32,33). The third kappa shape index (κ3) is 9.18. The molecule has 1 atom stereocenters. The minimum Gasteiger partial charge on any atom is -0.494 e. The molecule has 43 heavy (non-hydrogen) atoms. The number of aliphatic hydroxyl groups is 3. The summed E-state index contributed by atoms with van der Waals surface area (Å²) in [6.07, 6.45) is -0.708. The average molecular weight is 612 g/mol. The van der Waals surface area contributed by atoms with Crippen molar-refractivity contribution in [3.63, 3.8) is 0 Å². The predicted octanol–water partition coefficient (Wildman–Crippen LogP) is 3.28. The van der Waals surface area contributed by atoms with E-state index in [0.717, 1.165) is 5.69 Å². The van der Waals surface area contributed by atoms with Crippen molar-refractivity contribution in [2.24, 2.45) is 10.2 Å². The number of hydrogen-bond acceptors (Lipinski definition) is 13. The van der Waals surface area contributed by atoms with Gasteiger partial charge in [-0.05, 0) is 44.2 Å². The molecule has 0 aliphatic carbocycles. The summed E-state index contributed by atoms with van der Waals surface area (Å²) in [5.74, 6) is 0.584. The number of pyridine rings is 1. The number of aliphatic hydroxyl groups excluding tert-OH is 3. The van der Waals surface area contributed by atoms with Gasteiger partial charge in [-0.3, -0.25) is 4.90 Å². The summed E-state index contributed by atoms with van der Waals surface area (Å²) in [4.78, 5) is 6.23. The Balaban J connectivity index is 2.02. The van der Waals surface area contributed by atoms with Crippen LogP contribution in [0.15, 0.2) is 63.7 Å². The van der Waals surface area contributed by atoms with Gasteiger partial charge in [0.05, 0.1) is 42.6 Å². The van der Waals surface area contributed by atoms with Crippen LogP contribution in [-0.4, -0.2) is 92.0 Å². The van der Waals surface area contributed by atoms with Crippen molar-refractivity contribution in [3.05, 3.63) is 59.7 Å². The van der Waals surface area contributed by atoms with Crippen molar-refractivity contribution in [3.8, 4) is 11.8 Å². The van der Waals surface area contributed by atoms with Crippen molar-refractivity contribution in [1.29, 1.82) is 5.26 Å². The summed E-state index contributed by atoms with van der Waals surface area (Å²) in [6, 6.07) is 15.6. The first-order valence-electron chi connectivity index (χ1n) is 13.6. The Kier molecular flexibility index (Phi) is 12.4. The van der Waals surface area contributed by atoms with Crippen LogP contribution in [0.2, 0.25) is 0 Å². The molecule has 1 aromatic heterocycles. The number of anilines is 3. The second-order valence-corrected chi connectivity index (χ2v) is 11.7. The molecular formula is C29H37N7O6S. The number of nitrogens with one attached hydrogen (secondary N) is 2. The number of aromatic nitrogens is 1. The summed E-state index contributed by atoms with van der Waals surface area (Å²) in [7, 11) is -2.35. The minimum absolute atomic E-state index is 0.00220. The van der Waals surface area contributed by atoms with E-state index < -0.39 is 15.9 Å². The highest BCUT2D eigenvalue weighted by Crippen LogP contribution is 2.38. The quantitative estimate of drug-likeness (QED) is 0.149. The molecule has 5 N–H and O–H groups in total. The van der Waals surface area contributed by atoms with Gasteiger partial charge in [0.15, 0.2) is 21.5 Å². The molecule has 3 aromatic rings. The molecule has 0 amide bonds. The Morgan fingerprint density at radius 1 is 1.07 bits per heavy atom. The van der Waals surface area contributed by atoms with Gasteiger partial charge in [-0.15, -0.1) is 10.2 Å². The molecule has 0 spiro atoms. The number of para-hydroxylation sites is 1. The average Bonchev–Trinajstić information content (AvgIpc) is 2.99. The molecule has 0 saturated heterocycles. The molecule has 3 rings (SSSR count). The van der Waals surface area contributed by atoms with Crippen LogP contribution < -0.4 is 15.4 Å². The maximum absolute atomic E-state index is 13.1. The lowest BCUT2D eigenvalue weighted by molar-refractivity contribution is 0.167.